The van der Waals surface area contributed by atoms with Crippen molar-refractivity contribution in [2.24, 2.45) is 0 Å². The Bertz CT molecular complexity index is 939. The molecule has 4 heteroatoms. The molecule has 30 heavy (non-hydrogen) atoms. The first kappa shape index (κ1) is 20.7. The average Bonchev–Trinajstić information content (AvgIpc) is 3.60. The van der Waals surface area contributed by atoms with Crippen molar-refractivity contribution in [1.82, 2.24) is 0 Å². The standard InChI is InChI=1S/C26H28FO2Si/c1-2-28-21-11-13-23(14-12-21)30(24-15-16-24)18-6-7-20-10-17-25(27)26(19-20)29-22-8-4-3-5-9-22/h3-5,8-14,17,19,24H,2,6-7,15-16,18H2,1H3. The van der Waals surface area contributed by atoms with Crippen LogP contribution in [0, 0.1) is 5.82 Å². The fourth-order valence-electron chi connectivity index (χ4n) is 3.83. The van der Waals surface area contributed by atoms with Crippen molar-refractivity contribution in [2.45, 2.75) is 44.2 Å². The van der Waals surface area contributed by atoms with Crippen LogP contribution in [0.4, 0.5) is 4.39 Å². The second-order valence-electron chi connectivity index (χ2n) is 7.79. The van der Waals surface area contributed by atoms with Gasteiger partial charge in [-0.25, -0.2) is 4.39 Å². The van der Waals surface area contributed by atoms with E-state index in [-0.39, 0.29) is 5.82 Å². The van der Waals surface area contributed by atoms with Crippen molar-refractivity contribution < 1.29 is 13.9 Å². The number of aryl methyl sites for hydroxylation is 1. The zero-order valence-corrected chi connectivity index (χ0v) is 18.4. The van der Waals surface area contributed by atoms with Crippen LogP contribution in [0.2, 0.25) is 11.6 Å². The van der Waals surface area contributed by atoms with E-state index in [2.05, 4.69) is 24.3 Å². The summed E-state index contributed by atoms with van der Waals surface area (Å²) in [5.41, 5.74) is 2.03. The Morgan fingerprint density at radius 3 is 2.40 bits per heavy atom. The molecule has 0 N–H and O–H groups in total. The third-order valence-electron chi connectivity index (χ3n) is 5.48. The maximum atomic E-state index is 14.2. The highest BCUT2D eigenvalue weighted by Crippen LogP contribution is 2.41. The number of hydrogen-bond donors (Lipinski definition) is 0. The zero-order chi connectivity index (χ0) is 20.8. The Morgan fingerprint density at radius 1 is 0.933 bits per heavy atom. The number of ether oxygens (including phenoxy) is 2. The molecule has 0 spiro atoms. The lowest BCUT2D eigenvalue weighted by atomic mass is 10.1. The summed E-state index contributed by atoms with van der Waals surface area (Å²) in [6, 6.07) is 24.6. The van der Waals surface area contributed by atoms with Crippen molar-refractivity contribution >= 4 is 14.0 Å². The lowest BCUT2D eigenvalue weighted by Crippen LogP contribution is -2.30. The second kappa shape index (κ2) is 9.94. The maximum Gasteiger partial charge on any atom is 0.165 e. The van der Waals surface area contributed by atoms with Gasteiger partial charge in [0.2, 0.25) is 0 Å². The van der Waals surface area contributed by atoms with Crippen LogP contribution in [-0.2, 0) is 6.42 Å². The van der Waals surface area contributed by atoms with Crippen LogP contribution in [0.5, 0.6) is 17.2 Å². The van der Waals surface area contributed by atoms with Crippen LogP contribution in [-0.4, -0.2) is 15.4 Å². The van der Waals surface area contributed by atoms with Gasteiger partial charge in [-0.3, -0.25) is 0 Å². The third-order valence-corrected chi connectivity index (χ3v) is 9.01. The molecule has 0 amide bonds. The minimum atomic E-state index is -0.556. The van der Waals surface area contributed by atoms with Crippen molar-refractivity contribution in [2.75, 3.05) is 6.61 Å². The first-order chi connectivity index (χ1) is 14.7. The summed E-state index contributed by atoms with van der Waals surface area (Å²) in [4.78, 5) is 0. The average molecular weight is 420 g/mol. The van der Waals surface area contributed by atoms with E-state index >= 15 is 0 Å². The van der Waals surface area contributed by atoms with E-state index in [4.69, 9.17) is 9.47 Å². The Morgan fingerprint density at radius 2 is 1.70 bits per heavy atom. The third kappa shape index (κ3) is 5.51. The Kier molecular flexibility index (Phi) is 6.85. The Balaban J connectivity index is 1.37. The Hall–Kier alpha value is -2.59. The normalized spacial score (nSPS) is 13.4. The van der Waals surface area contributed by atoms with Crippen LogP contribution < -0.4 is 14.7 Å². The van der Waals surface area contributed by atoms with Gasteiger partial charge in [0.1, 0.15) is 11.5 Å². The molecule has 0 atom stereocenters. The van der Waals surface area contributed by atoms with Crippen LogP contribution >= 0.6 is 0 Å². The van der Waals surface area contributed by atoms with E-state index in [1.54, 1.807) is 0 Å². The molecule has 0 unspecified atom stereocenters. The molecular formula is C26H28FO2Si. The fourth-order valence-corrected chi connectivity index (χ4v) is 7.01. The second-order valence-corrected chi connectivity index (χ2v) is 10.7. The number of benzene rings is 3. The quantitative estimate of drug-likeness (QED) is 0.349. The lowest BCUT2D eigenvalue weighted by molar-refractivity contribution is 0.340. The van der Waals surface area contributed by atoms with Gasteiger partial charge in [-0.2, -0.15) is 0 Å². The number of para-hydroxylation sites is 1. The molecule has 0 saturated heterocycles. The minimum absolute atomic E-state index is 0.304. The summed E-state index contributed by atoms with van der Waals surface area (Å²) in [5, 5.41) is 1.51. The van der Waals surface area contributed by atoms with Gasteiger partial charge >= 0.3 is 0 Å². The van der Waals surface area contributed by atoms with Gasteiger partial charge in [0.25, 0.3) is 0 Å². The van der Waals surface area contributed by atoms with Gasteiger partial charge in [0.05, 0.1) is 15.4 Å². The van der Waals surface area contributed by atoms with Crippen LogP contribution in [0.15, 0.2) is 72.8 Å². The molecule has 1 aliphatic rings. The predicted molar refractivity (Wildman–Crippen MR) is 122 cm³/mol. The number of rotatable bonds is 10. The van der Waals surface area contributed by atoms with Crippen molar-refractivity contribution in [3.05, 3.63) is 84.2 Å². The highest BCUT2D eigenvalue weighted by atomic mass is 28.3. The van der Waals surface area contributed by atoms with Gasteiger partial charge in [-0.15, -0.1) is 0 Å². The van der Waals surface area contributed by atoms with Crippen LogP contribution in [0.1, 0.15) is 31.7 Å². The van der Waals surface area contributed by atoms with Gasteiger partial charge in [-0.05, 0) is 60.8 Å². The number of halogens is 1. The van der Waals surface area contributed by atoms with E-state index in [1.165, 1.54) is 30.1 Å². The van der Waals surface area contributed by atoms with E-state index in [0.29, 0.717) is 18.1 Å². The van der Waals surface area contributed by atoms with Crippen LogP contribution in [0.3, 0.4) is 0 Å². The molecule has 3 aromatic carbocycles. The Labute approximate surface area is 180 Å². The van der Waals surface area contributed by atoms with Crippen LogP contribution in [0.25, 0.3) is 0 Å². The zero-order valence-electron chi connectivity index (χ0n) is 17.4. The maximum absolute atomic E-state index is 14.2. The largest absolute Gasteiger partial charge is 0.494 e. The van der Waals surface area contributed by atoms with Crippen molar-refractivity contribution in [3.8, 4) is 17.2 Å². The molecule has 1 radical (unpaired) electrons. The smallest absolute Gasteiger partial charge is 0.165 e. The molecule has 155 valence electrons. The molecular weight excluding hydrogens is 391 g/mol. The summed E-state index contributed by atoms with van der Waals surface area (Å²) in [6.45, 7) is 2.71. The molecule has 1 saturated carbocycles. The van der Waals surface area contributed by atoms with Gasteiger partial charge in [0.15, 0.2) is 11.6 Å². The molecule has 1 fully saturated rings. The summed E-state index contributed by atoms with van der Waals surface area (Å²) < 4.78 is 25.5. The van der Waals surface area contributed by atoms with Gasteiger partial charge in [0, 0.05) is 0 Å². The van der Waals surface area contributed by atoms with E-state index in [0.717, 1.165) is 29.7 Å². The lowest BCUT2D eigenvalue weighted by Gasteiger charge is -2.16. The van der Waals surface area contributed by atoms with E-state index in [9.17, 15) is 4.39 Å². The first-order valence-electron chi connectivity index (χ1n) is 10.8. The monoisotopic (exact) mass is 419 g/mol. The van der Waals surface area contributed by atoms with E-state index < -0.39 is 8.80 Å². The SMILES string of the molecule is CCOc1ccc([Si](CCCc2ccc(F)c(Oc3ccccc3)c2)C2CC2)cc1. The summed E-state index contributed by atoms with van der Waals surface area (Å²) in [6.07, 6.45) is 4.80. The minimum Gasteiger partial charge on any atom is -0.494 e. The summed E-state index contributed by atoms with van der Waals surface area (Å²) in [5.74, 6) is 1.59. The molecule has 3 aromatic rings. The highest BCUT2D eigenvalue weighted by Gasteiger charge is 2.33. The van der Waals surface area contributed by atoms with E-state index in [1.807, 2.05) is 49.4 Å². The summed E-state index contributed by atoms with van der Waals surface area (Å²) in [7, 11) is -0.556. The predicted octanol–water partition coefficient (Wildman–Crippen LogP) is 6.52. The molecule has 0 aromatic heterocycles. The fraction of sp³-hybridized carbons (Fsp3) is 0.308. The summed E-state index contributed by atoms with van der Waals surface area (Å²) >= 11 is 0. The number of hydrogen-bond acceptors (Lipinski definition) is 2. The molecule has 4 rings (SSSR count). The van der Waals surface area contributed by atoms with Gasteiger partial charge in [-0.1, -0.05) is 66.9 Å². The molecule has 0 aliphatic heterocycles. The molecule has 0 bridgehead atoms. The first-order valence-corrected chi connectivity index (χ1v) is 12.6. The van der Waals surface area contributed by atoms with Crippen molar-refractivity contribution in [1.29, 1.82) is 0 Å². The topological polar surface area (TPSA) is 18.5 Å². The van der Waals surface area contributed by atoms with Gasteiger partial charge < -0.3 is 9.47 Å². The highest BCUT2D eigenvalue weighted by molar-refractivity contribution is 6.75. The molecule has 2 nitrogen and oxygen atoms in total. The van der Waals surface area contributed by atoms with Crippen molar-refractivity contribution in [3.63, 3.8) is 0 Å². The molecule has 0 heterocycles. The molecule has 1 aliphatic carbocycles.